The predicted octanol–water partition coefficient (Wildman–Crippen LogP) is 4.90. The maximum atomic E-state index is 12.2. The monoisotopic (exact) mass is 351 g/mol. The zero-order valence-corrected chi connectivity index (χ0v) is 13.6. The minimum atomic E-state index is -0.0897. The van der Waals surface area contributed by atoms with E-state index in [-0.39, 0.29) is 11.9 Å². The number of hydrogen-bond acceptors (Lipinski definition) is 1. The molecule has 2 aromatic carbocycles. The molecule has 0 aliphatic heterocycles. The molecule has 1 N–H and O–H groups in total. The van der Waals surface area contributed by atoms with Crippen molar-refractivity contribution >= 4 is 33.4 Å². The molecule has 0 spiro atoms. The molecule has 4 heteroatoms. The van der Waals surface area contributed by atoms with E-state index in [9.17, 15) is 4.79 Å². The van der Waals surface area contributed by atoms with E-state index in [1.165, 1.54) is 0 Å². The summed E-state index contributed by atoms with van der Waals surface area (Å²) >= 11 is 9.30. The van der Waals surface area contributed by atoms with E-state index in [0.717, 1.165) is 15.6 Å². The van der Waals surface area contributed by atoms with Gasteiger partial charge in [0.1, 0.15) is 0 Å². The number of halogens is 2. The summed E-state index contributed by atoms with van der Waals surface area (Å²) in [6, 6.07) is 13.0. The fourth-order valence-corrected chi connectivity index (χ4v) is 2.35. The fourth-order valence-electron chi connectivity index (χ4n) is 1.85. The maximum absolute atomic E-state index is 12.2. The SMILES string of the molecule is Cc1ccc(C(=O)NC(C)c2ccc(Cl)cc2)cc1Br. The van der Waals surface area contributed by atoms with E-state index in [0.29, 0.717) is 10.6 Å². The van der Waals surface area contributed by atoms with Crippen molar-refractivity contribution in [3.05, 3.63) is 68.7 Å². The third-order valence-corrected chi connectivity index (χ3v) is 4.26. The molecular weight excluding hydrogens is 338 g/mol. The number of amides is 1. The first-order chi connectivity index (χ1) is 9.47. The summed E-state index contributed by atoms with van der Waals surface area (Å²) in [5.41, 5.74) is 2.77. The van der Waals surface area contributed by atoms with Gasteiger partial charge >= 0.3 is 0 Å². The largest absolute Gasteiger partial charge is 0.346 e. The Kier molecular flexibility index (Phi) is 4.84. The van der Waals surface area contributed by atoms with Crippen molar-refractivity contribution < 1.29 is 4.79 Å². The second-order valence-corrected chi connectivity index (χ2v) is 6.00. The molecule has 0 saturated carbocycles. The highest BCUT2D eigenvalue weighted by Gasteiger charge is 2.12. The molecule has 2 nitrogen and oxygen atoms in total. The van der Waals surface area contributed by atoms with Crippen LogP contribution in [0.4, 0.5) is 0 Å². The van der Waals surface area contributed by atoms with E-state index in [2.05, 4.69) is 21.2 Å². The first kappa shape index (κ1) is 15.1. The summed E-state index contributed by atoms with van der Waals surface area (Å²) in [7, 11) is 0. The lowest BCUT2D eigenvalue weighted by molar-refractivity contribution is 0.0940. The fraction of sp³-hybridized carbons (Fsp3) is 0.188. The lowest BCUT2D eigenvalue weighted by atomic mass is 10.1. The van der Waals surface area contributed by atoms with Gasteiger partial charge in [0.05, 0.1) is 6.04 Å². The minimum absolute atomic E-state index is 0.0696. The predicted molar refractivity (Wildman–Crippen MR) is 86.2 cm³/mol. The van der Waals surface area contributed by atoms with Crippen LogP contribution in [0.2, 0.25) is 5.02 Å². The summed E-state index contributed by atoms with van der Waals surface area (Å²) in [5.74, 6) is -0.0897. The highest BCUT2D eigenvalue weighted by molar-refractivity contribution is 9.10. The number of benzene rings is 2. The molecular formula is C16H15BrClNO. The van der Waals surface area contributed by atoms with Crippen molar-refractivity contribution in [2.75, 3.05) is 0 Å². The number of rotatable bonds is 3. The summed E-state index contributed by atoms with van der Waals surface area (Å²) in [6.45, 7) is 3.94. The average molecular weight is 353 g/mol. The zero-order chi connectivity index (χ0) is 14.7. The van der Waals surface area contributed by atoms with Gasteiger partial charge in [0, 0.05) is 15.1 Å². The Morgan fingerprint density at radius 3 is 2.45 bits per heavy atom. The second-order valence-electron chi connectivity index (χ2n) is 4.71. The lowest BCUT2D eigenvalue weighted by Gasteiger charge is -2.15. The van der Waals surface area contributed by atoms with Gasteiger partial charge in [0.15, 0.2) is 0 Å². The normalized spacial score (nSPS) is 12.0. The standard InChI is InChI=1S/C16H15BrClNO/c1-10-3-4-13(9-15(10)17)16(20)19-11(2)12-5-7-14(18)8-6-12/h3-9,11H,1-2H3,(H,19,20). The summed E-state index contributed by atoms with van der Waals surface area (Å²) < 4.78 is 0.935. The Morgan fingerprint density at radius 2 is 1.85 bits per heavy atom. The van der Waals surface area contributed by atoms with Gasteiger partial charge in [-0.25, -0.2) is 0 Å². The number of hydrogen-bond donors (Lipinski definition) is 1. The molecule has 1 atom stereocenters. The van der Waals surface area contributed by atoms with Crippen LogP contribution in [-0.2, 0) is 0 Å². The Morgan fingerprint density at radius 1 is 1.20 bits per heavy atom. The van der Waals surface area contributed by atoms with Crippen molar-refractivity contribution in [1.29, 1.82) is 0 Å². The zero-order valence-electron chi connectivity index (χ0n) is 11.3. The molecule has 0 aliphatic carbocycles. The molecule has 0 aliphatic rings. The summed E-state index contributed by atoms with van der Waals surface area (Å²) in [5, 5.41) is 3.67. The third-order valence-electron chi connectivity index (χ3n) is 3.15. The third kappa shape index (κ3) is 3.62. The van der Waals surface area contributed by atoms with Crippen LogP contribution in [0, 0.1) is 6.92 Å². The van der Waals surface area contributed by atoms with Gasteiger partial charge in [-0.2, -0.15) is 0 Å². The van der Waals surface area contributed by atoms with Crippen molar-refractivity contribution in [3.8, 4) is 0 Å². The Balaban J connectivity index is 2.10. The maximum Gasteiger partial charge on any atom is 0.251 e. The second kappa shape index (κ2) is 6.42. The van der Waals surface area contributed by atoms with Gasteiger partial charge in [-0.1, -0.05) is 45.7 Å². The van der Waals surface area contributed by atoms with E-state index in [1.807, 2.05) is 56.3 Å². The van der Waals surface area contributed by atoms with Crippen LogP contribution in [0.5, 0.6) is 0 Å². The van der Waals surface area contributed by atoms with Crippen LogP contribution >= 0.6 is 27.5 Å². The smallest absolute Gasteiger partial charge is 0.251 e. The molecule has 0 heterocycles. The van der Waals surface area contributed by atoms with Gasteiger partial charge < -0.3 is 5.32 Å². The summed E-state index contributed by atoms with van der Waals surface area (Å²) in [4.78, 5) is 12.2. The number of carbonyl (C=O) groups excluding carboxylic acids is 1. The topological polar surface area (TPSA) is 29.1 Å². The highest BCUT2D eigenvalue weighted by Crippen LogP contribution is 2.19. The summed E-state index contributed by atoms with van der Waals surface area (Å²) in [6.07, 6.45) is 0. The lowest BCUT2D eigenvalue weighted by Crippen LogP contribution is -2.26. The quantitative estimate of drug-likeness (QED) is 0.836. The molecule has 1 unspecified atom stereocenters. The van der Waals surface area contributed by atoms with Crippen molar-refractivity contribution in [1.82, 2.24) is 5.32 Å². The Bertz CT molecular complexity index is 625. The molecule has 2 aromatic rings. The average Bonchev–Trinajstić information content (AvgIpc) is 2.42. The minimum Gasteiger partial charge on any atom is -0.346 e. The van der Waals surface area contributed by atoms with Crippen LogP contribution in [0.15, 0.2) is 46.9 Å². The van der Waals surface area contributed by atoms with Gasteiger partial charge in [0.2, 0.25) is 0 Å². The van der Waals surface area contributed by atoms with Gasteiger partial charge in [-0.05, 0) is 49.2 Å². The van der Waals surface area contributed by atoms with Crippen LogP contribution in [0.1, 0.15) is 34.5 Å². The molecule has 1 amide bonds. The van der Waals surface area contributed by atoms with Gasteiger partial charge in [0.25, 0.3) is 5.91 Å². The Hall–Kier alpha value is -1.32. The molecule has 20 heavy (non-hydrogen) atoms. The van der Waals surface area contributed by atoms with E-state index in [4.69, 9.17) is 11.6 Å². The van der Waals surface area contributed by atoms with Gasteiger partial charge in [-0.15, -0.1) is 0 Å². The van der Waals surface area contributed by atoms with Crippen LogP contribution in [-0.4, -0.2) is 5.91 Å². The first-order valence-electron chi connectivity index (χ1n) is 6.30. The molecule has 0 bridgehead atoms. The highest BCUT2D eigenvalue weighted by atomic mass is 79.9. The van der Waals surface area contributed by atoms with Crippen molar-refractivity contribution in [3.63, 3.8) is 0 Å². The molecule has 0 saturated heterocycles. The first-order valence-corrected chi connectivity index (χ1v) is 7.47. The molecule has 0 fully saturated rings. The van der Waals surface area contributed by atoms with Crippen LogP contribution < -0.4 is 5.32 Å². The molecule has 2 rings (SSSR count). The number of carbonyl (C=O) groups is 1. The van der Waals surface area contributed by atoms with Crippen LogP contribution in [0.25, 0.3) is 0 Å². The van der Waals surface area contributed by atoms with Crippen LogP contribution in [0.3, 0.4) is 0 Å². The Labute approximate surface area is 132 Å². The van der Waals surface area contributed by atoms with E-state index >= 15 is 0 Å². The van der Waals surface area contributed by atoms with Crippen molar-refractivity contribution in [2.45, 2.75) is 19.9 Å². The number of aryl methyl sites for hydroxylation is 1. The molecule has 0 aromatic heterocycles. The van der Waals surface area contributed by atoms with E-state index < -0.39 is 0 Å². The van der Waals surface area contributed by atoms with Crippen molar-refractivity contribution in [2.24, 2.45) is 0 Å². The van der Waals surface area contributed by atoms with E-state index in [1.54, 1.807) is 0 Å². The number of nitrogens with one attached hydrogen (secondary N) is 1. The van der Waals surface area contributed by atoms with Gasteiger partial charge in [-0.3, -0.25) is 4.79 Å². The molecule has 0 radical (unpaired) electrons. The molecule has 104 valence electrons.